The molecule has 11 heteroatoms. The zero-order valence-electron chi connectivity index (χ0n) is 20.0. The van der Waals surface area contributed by atoms with Crippen molar-refractivity contribution >= 4 is 17.5 Å². The topological polar surface area (TPSA) is 101 Å². The molecular formula is C27H22F3N5O3. The van der Waals surface area contributed by atoms with Crippen molar-refractivity contribution in [3.8, 4) is 11.4 Å². The third-order valence-corrected chi connectivity index (χ3v) is 6.39. The van der Waals surface area contributed by atoms with Crippen molar-refractivity contribution in [2.75, 3.05) is 18.4 Å². The highest BCUT2D eigenvalue weighted by atomic mass is 19.4. The minimum atomic E-state index is -4.49. The van der Waals surface area contributed by atoms with Gasteiger partial charge in [-0.2, -0.15) is 18.2 Å². The number of carbonyl (C=O) groups excluding carboxylic acids is 2. The quantitative estimate of drug-likeness (QED) is 0.376. The van der Waals surface area contributed by atoms with Crippen molar-refractivity contribution in [2.45, 2.75) is 24.9 Å². The fraction of sp³-hybridized carbons (Fsp3) is 0.222. The standard InChI is InChI=1S/C27H22F3N5O3/c28-27(29,30)20-7-5-18(6-8-20)24(36)32-22-4-2-1-3-21(22)26(37)35-15-11-19(12-16-35)25-33-23(34-38-25)17-9-13-31-14-10-17/h1-10,13-14,19H,11-12,15-16H2,(H,32,36). The van der Waals surface area contributed by atoms with Crippen molar-refractivity contribution in [2.24, 2.45) is 0 Å². The van der Waals surface area contributed by atoms with Gasteiger partial charge in [0.25, 0.3) is 11.8 Å². The smallest absolute Gasteiger partial charge is 0.339 e. The zero-order valence-corrected chi connectivity index (χ0v) is 20.0. The molecule has 0 atom stereocenters. The maximum Gasteiger partial charge on any atom is 0.416 e. The van der Waals surface area contributed by atoms with Crippen LogP contribution in [0.25, 0.3) is 11.4 Å². The number of para-hydroxylation sites is 1. The van der Waals surface area contributed by atoms with E-state index in [1.807, 2.05) is 0 Å². The molecule has 5 rings (SSSR count). The molecule has 2 amide bonds. The molecular weight excluding hydrogens is 499 g/mol. The van der Waals surface area contributed by atoms with E-state index in [0.717, 1.165) is 29.8 Å². The maximum atomic E-state index is 13.3. The van der Waals surface area contributed by atoms with Crippen LogP contribution in [0.1, 0.15) is 50.9 Å². The van der Waals surface area contributed by atoms with Gasteiger partial charge in [0, 0.05) is 42.5 Å². The van der Waals surface area contributed by atoms with Gasteiger partial charge < -0.3 is 14.7 Å². The second-order valence-electron chi connectivity index (χ2n) is 8.83. The second-order valence-corrected chi connectivity index (χ2v) is 8.83. The number of anilines is 1. The fourth-order valence-corrected chi connectivity index (χ4v) is 4.30. The molecule has 3 heterocycles. The lowest BCUT2D eigenvalue weighted by atomic mass is 9.96. The number of rotatable bonds is 5. The number of piperidine rings is 1. The van der Waals surface area contributed by atoms with E-state index in [1.165, 1.54) is 0 Å². The van der Waals surface area contributed by atoms with Crippen LogP contribution < -0.4 is 5.32 Å². The number of halogens is 3. The van der Waals surface area contributed by atoms with Crippen molar-refractivity contribution in [3.05, 3.63) is 95.6 Å². The van der Waals surface area contributed by atoms with E-state index in [9.17, 15) is 22.8 Å². The van der Waals surface area contributed by atoms with Crippen LogP contribution in [0.5, 0.6) is 0 Å². The third-order valence-electron chi connectivity index (χ3n) is 6.39. The van der Waals surface area contributed by atoms with Gasteiger partial charge >= 0.3 is 6.18 Å². The summed E-state index contributed by atoms with van der Waals surface area (Å²) in [5.41, 5.74) is 0.582. The maximum absolute atomic E-state index is 13.3. The summed E-state index contributed by atoms with van der Waals surface area (Å²) in [6, 6.07) is 14.0. The summed E-state index contributed by atoms with van der Waals surface area (Å²) in [5, 5.41) is 6.71. The van der Waals surface area contributed by atoms with E-state index >= 15 is 0 Å². The van der Waals surface area contributed by atoms with Crippen molar-refractivity contribution in [3.63, 3.8) is 0 Å². The molecule has 8 nitrogen and oxygen atoms in total. The second kappa shape index (κ2) is 10.4. The molecule has 0 bridgehead atoms. The third kappa shape index (κ3) is 5.41. The molecule has 1 fully saturated rings. The number of hydrogen-bond acceptors (Lipinski definition) is 6. The van der Waals surface area contributed by atoms with Crippen LogP contribution in [0.4, 0.5) is 18.9 Å². The van der Waals surface area contributed by atoms with Gasteiger partial charge in [-0.1, -0.05) is 17.3 Å². The van der Waals surface area contributed by atoms with Gasteiger partial charge in [-0.25, -0.2) is 0 Å². The highest BCUT2D eigenvalue weighted by Gasteiger charge is 2.31. The van der Waals surface area contributed by atoms with Gasteiger partial charge in [-0.3, -0.25) is 14.6 Å². The Hall–Kier alpha value is -4.54. The number of amides is 2. The van der Waals surface area contributed by atoms with Crippen LogP contribution in [0.2, 0.25) is 0 Å². The highest BCUT2D eigenvalue weighted by Crippen LogP contribution is 2.31. The van der Waals surface area contributed by atoms with Crippen LogP contribution in [0.15, 0.2) is 77.6 Å². The van der Waals surface area contributed by atoms with E-state index in [4.69, 9.17) is 4.52 Å². The molecule has 0 saturated carbocycles. The number of likely N-dealkylation sites (tertiary alicyclic amines) is 1. The Kier molecular flexibility index (Phi) is 6.91. The molecule has 1 N–H and O–H groups in total. The van der Waals surface area contributed by atoms with Gasteiger partial charge in [0.15, 0.2) is 0 Å². The van der Waals surface area contributed by atoms with E-state index in [1.54, 1.807) is 53.7 Å². The van der Waals surface area contributed by atoms with E-state index < -0.39 is 17.6 Å². The largest absolute Gasteiger partial charge is 0.416 e. The minimum absolute atomic E-state index is 0.0109. The van der Waals surface area contributed by atoms with Crippen LogP contribution >= 0.6 is 0 Å². The molecule has 1 aliphatic heterocycles. The lowest BCUT2D eigenvalue weighted by Crippen LogP contribution is -2.38. The predicted molar refractivity (Wildman–Crippen MR) is 131 cm³/mol. The molecule has 38 heavy (non-hydrogen) atoms. The number of nitrogens with one attached hydrogen (secondary N) is 1. The predicted octanol–water partition coefficient (Wildman–Crippen LogP) is 5.42. The molecule has 0 spiro atoms. The lowest BCUT2D eigenvalue weighted by molar-refractivity contribution is -0.137. The fourth-order valence-electron chi connectivity index (χ4n) is 4.30. The van der Waals surface area contributed by atoms with Gasteiger partial charge in [0.2, 0.25) is 11.7 Å². The molecule has 2 aromatic carbocycles. The summed E-state index contributed by atoms with van der Waals surface area (Å²) in [6.07, 6.45) is 0.0685. The normalized spacial score (nSPS) is 14.3. The summed E-state index contributed by atoms with van der Waals surface area (Å²) in [7, 11) is 0. The molecule has 0 radical (unpaired) electrons. The monoisotopic (exact) mass is 521 g/mol. The average molecular weight is 521 g/mol. The van der Waals surface area contributed by atoms with E-state index in [0.29, 0.717) is 43.2 Å². The van der Waals surface area contributed by atoms with Crippen molar-refractivity contribution in [1.29, 1.82) is 0 Å². The molecule has 1 saturated heterocycles. The zero-order chi connectivity index (χ0) is 26.7. The number of pyridine rings is 1. The Labute approximate surface area is 215 Å². The lowest BCUT2D eigenvalue weighted by Gasteiger charge is -2.31. The number of aromatic nitrogens is 3. The van der Waals surface area contributed by atoms with Crippen LogP contribution in [0.3, 0.4) is 0 Å². The Balaban J connectivity index is 1.23. The summed E-state index contributed by atoms with van der Waals surface area (Å²) < 4.78 is 43.9. The summed E-state index contributed by atoms with van der Waals surface area (Å²) in [4.78, 5) is 36.2. The van der Waals surface area contributed by atoms with Gasteiger partial charge in [-0.15, -0.1) is 0 Å². The molecule has 2 aromatic heterocycles. The number of hydrogen-bond donors (Lipinski definition) is 1. The van der Waals surface area contributed by atoms with Crippen molar-refractivity contribution < 1.29 is 27.3 Å². The number of carbonyl (C=O) groups is 2. The van der Waals surface area contributed by atoms with Gasteiger partial charge in [0.05, 0.1) is 16.8 Å². The average Bonchev–Trinajstić information content (AvgIpc) is 3.44. The van der Waals surface area contributed by atoms with Gasteiger partial charge in [-0.05, 0) is 61.4 Å². The number of benzene rings is 2. The first-order valence-electron chi connectivity index (χ1n) is 11.9. The molecule has 194 valence electrons. The Morgan fingerprint density at radius 2 is 1.63 bits per heavy atom. The molecule has 0 aliphatic carbocycles. The van der Waals surface area contributed by atoms with Gasteiger partial charge in [0.1, 0.15) is 0 Å². The molecule has 0 unspecified atom stereocenters. The minimum Gasteiger partial charge on any atom is -0.339 e. The highest BCUT2D eigenvalue weighted by molar-refractivity contribution is 6.09. The SMILES string of the molecule is O=C(Nc1ccccc1C(=O)N1CCC(c2nc(-c3ccncc3)no2)CC1)c1ccc(C(F)(F)F)cc1. The Morgan fingerprint density at radius 3 is 2.32 bits per heavy atom. The molecule has 1 aliphatic rings. The van der Waals surface area contributed by atoms with E-state index in [2.05, 4.69) is 20.4 Å². The first-order valence-corrected chi connectivity index (χ1v) is 11.9. The number of nitrogens with zero attached hydrogens (tertiary/aromatic N) is 4. The molecule has 4 aromatic rings. The van der Waals surface area contributed by atoms with Crippen LogP contribution in [0, 0.1) is 0 Å². The number of alkyl halides is 3. The van der Waals surface area contributed by atoms with E-state index in [-0.39, 0.29) is 23.1 Å². The summed E-state index contributed by atoms with van der Waals surface area (Å²) >= 11 is 0. The van der Waals surface area contributed by atoms with Crippen LogP contribution in [-0.2, 0) is 6.18 Å². The Bertz CT molecular complexity index is 1430. The summed E-state index contributed by atoms with van der Waals surface area (Å²) in [6.45, 7) is 0.912. The Morgan fingerprint density at radius 1 is 0.947 bits per heavy atom. The van der Waals surface area contributed by atoms with Crippen LogP contribution in [-0.4, -0.2) is 44.9 Å². The summed E-state index contributed by atoms with van der Waals surface area (Å²) in [5.74, 6) is 0.150. The first-order chi connectivity index (χ1) is 18.3. The first kappa shape index (κ1) is 25.1. The van der Waals surface area contributed by atoms with Crippen molar-refractivity contribution in [1.82, 2.24) is 20.0 Å².